The van der Waals surface area contributed by atoms with Gasteiger partial charge in [0, 0.05) is 16.9 Å². The molecule has 0 saturated heterocycles. The zero-order valence-corrected chi connectivity index (χ0v) is 17.5. The third-order valence-electron chi connectivity index (χ3n) is 4.60. The molecule has 0 aliphatic rings. The minimum atomic E-state index is -0.408. The molecule has 0 saturated carbocycles. The standard InChI is InChI=1S/C23H20N4O3S/c1-30-18-12-10-17(11-13-18)22(29)27-26-21(28)16-8-6-15(7-9-16)14-31-23-24-19-4-2-3-5-20(19)25-23/h2-13H,14H2,1H3,(H,24,25)(H,26,28)(H,27,29). The number of H-pyrrole nitrogens is 1. The van der Waals surface area contributed by atoms with Crippen LogP contribution in [0.4, 0.5) is 0 Å². The summed E-state index contributed by atoms with van der Waals surface area (Å²) in [6.07, 6.45) is 0. The summed E-state index contributed by atoms with van der Waals surface area (Å²) in [6.45, 7) is 0. The summed E-state index contributed by atoms with van der Waals surface area (Å²) in [6, 6.07) is 21.7. The molecule has 7 nitrogen and oxygen atoms in total. The summed E-state index contributed by atoms with van der Waals surface area (Å²) >= 11 is 1.59. The van der Waals surface area contributed by atoms with Gasteiger partial charge in [-0.25, -0.2) is 4.98 Å². The maximum atomic E-state index is 12.3. The molecule has 156 valence electrons. The molecule has 2 amide bonds. The lowest BCUT2D eigenvalue weighted by Crippen LogP contribution is -2.41. The lowest BCUT2D eigenvalue weighted by Gasteiger charge is -2.08. The van der Waals surface area contributed by atoms with Gasteiger partial charge in [-0.2, -0.15) is 0 Å². The number of imidazole rings is 1. The first-order valence-corrected chi connectivity index (χ1v) is 10.5. The Morgan fingerprint density at radius 3 is 2.13 bits per heavy atom. The van der Waals surface area contributed by atoms with Gasteiger partial charge in [0.05, 0.1) is 18.1 Å². The van der Waals surface area contributed by atoms with Crippen molar-refractivity contribution in [2.75, 3.05) is 7.11 Å². The summed E-state index contributed by atoms with van der Waals surface area (Å²) in [4.78, 5) is 32.3. The van der Waals surface area contributed by atoms with Gasteiger partial charge >= 0.3 is 0 Å². The molecule has 0 bridgehead atoms. The normalized spacial score (nSPS) is 10.6. The van der Waals surface area contributed by atoms with Crippen molar-refractivity contribution in [2.24, 2.45) is 0 Å². The van der Waals surface area contributed by atoms with Crippen molar-refractivity contribution in [3.63, 3.8) is 0 Å². The molecular formula is C23H20N4O3S. The van der Waals surface area contributed by atoms with E-state index in [1.165, 1.54) is 0 Å². The number of carbonyl (C=O) groups excluding carboxylic acids is 2. The highest BCUT2D eigenvalue weighted by Gasteiger charge is 2.10. The highest BCUT2D eigenvalue weighted by Crippen LogP contribution is 2.23. The molecule has 0 aliphatic heterocycles. The van der Waals surface area contributed by atoms with Crippen LogP contribution in [0.1, 0.15) is 26.3 Å². The van der Waals surface area contributed by atoms with E-state index in [4.69, 9.17) is 4.74 Å². The van der Waals surface area contributed by atoms with E-state index < -0.39 is 11.8 Å². The van der Waals surface area contributed by atoms with E-state index in [2.05, 4.69) is 20.8 Å². The Morgan fingerprint density at radius 1 is 0.903 bits per heavy atom. The number of benzene rings is 3. The van der Waals surface area contributed by atoms with Gasteiger partial charge in [-0.15, -0.1) is 0 Å². The predicted octanol–water partition coefficient (Wildman–Crippen LogP) is 3.94. The van der Waals surface area contributed by atoms with Gasteiger partial charge in [0.15, 0.2) is 5.16 Å². The van der Waals surface area contributed by atoms with Gasteiger partial charge in [-0.1, -0.05) is 36.0 Å². The Balaban J connectivity index is 1.29. The van der Waals surface area contributed by atoms with Gasteiger partial charge in [-0.05, 0) is 54.1 Å². The first-order valence-electron chi connectivity index (χ1n) is 9.53. The number of rotatable bonds is 6. The van der Waals surface area contributed by atoms with Crippen LogP contribution in [0.5, 0.6) is 5.75 Å². The number of thioether (sulfide) groups is 1. The number of fused-ring (bicyclic) bond motifs is 1. The SMILES string of the molecule is COc1ccc(C(=O)NNC(=O)c2ccc(CSc3nc4ccccc4[nH]3)cc2)cc1. The van der Waals surface area contributed by atoms with Crippen LogP contribution >= 0.6 is 11.8 Å². The molecule has 3 aromatic carbocycles. The molecule has 8 heteroatoms. The van der Waals surface area contributed by atoms with Crippen molar-refractivity contribution in [2.45, 2.75) is 10.9 Å². The number of hydrogen-bond donors (Lipinski definition) is 3. The topological polar surface area (TPSA) is 96.1 Å². The number of nitrogens with one attached hydrogen (secondary N) is 3. The molecule has 0 spiro atoms. The zero-order chi connectivity index (χ0) is 21.6. The molecule has 4 rings (SSSR count). The zero-order valence-electron chi connectivity index (χ0n) is 16.7. The number of para-hydroxylation sites is 2. The van der Waals surface area contributed by atoms with Gasteiger partial charge in [0.1, 0.15) is 5.75 Å². The molecule has 4 aromatic rings. The van der Waals surface area contributed by atoms with Crippen LogP contribution < -0.4 is 15.6 Å². The molecule has 0 aliphatic carbocycles. The van der Waals surface area contributed by atoms with Crippen LogP contribution in [0.2, 0.25) is 0 Å². The second-order valence-electron chi connectivity index (χ2n) is 6.68. The Labute approximate surface area is 183 Å². The number of aromatic nitrogens is 2. The van der Waals surface area contributed by atoms with Crippen LogP contribution in [0.3, 0.4) is 0 Å². The molecule has 1 heterocycles. The molecule has 31 heavy (non-hydrogen) atoms. The lowest BCUT2D eigenvalue weighted by atomic mass is 10.1. The van der Waals surface area contributed by atoms with Crippen LogP contribution in [0.15, 0.2) is 78.0 Å². The van der Waals surface area contributed by atoms with Crippen molar-refractivity contribution >= 4 is 34.6 Å². The van der Waals surface area contributed by atoms with Crippen LogP contribution in [-0.4, -0.2) is 28.9 Å². The van der Waals surface area contributed by atoms with E-state index in [0.29, 0.717) is 16.9 Å². The summed E-state index contributed by atoms with van der Waals surface area (Å²) < 4.78 is 5.06. The molecule has 0 radical (unpaired) electrons. The van der Waals surface area contributed by atoms with Crippen LogP contribution in [-0.2, 0) is 5.75 Å². The lowest BCUT2D eigenvalue weighted by molar-refractivity contribution is 0.0846. The maximum Gasteiger partial charge on any atom is 0.269 e. The molecule has 0 fully saturated rings. The first-order chi connectivity index (χ1) is 15.1. The van der Waals surface area contributed by atoms with E-state index in [9.17, 15) is 9.59 Å². The first kappa shape index (κ1) is 20.5. The number of methoxy groups -OCH3 is 1. The number of hydrazine groups is 1. The summed E-state index contributed by atoms with van der Waals surface area (Å²) in [5.41, 5.74) is 8.71. The van der Waals surface area contributed by atoms with Crippen molar-refractivity contribution in [1.82, 2.24) is 20.8 Å². The number of aromatic amines is 1. The largest absolute Gasteiger partial charge is 0.497 e. The minimum Gasteiger partial charge on any atom is -0.497 e. The van der Waals surface area contributed by atoms with E-state index in [1.807, 2.05) is 36.4 Å². The molecule has 0 unspecified atom stereocenters. The van der Waals surface area contributed by atoms with Gasteiger partial charge < -0.3 is 9.72 Å². The number of ether oxygens (including phenoxy) is 1. The quantitative estimate of drug-likeness (QED) is 0.317. The fourth-order valence-electron chi connectivity index (χ4n) is 2.90. The molecule has 0 atom stereocenters. The molecule has 3 N–H and O–H groups in total. The van der Waals surface area contributed by atoms with E-state index in [-0.39, 0.29) is 0 Å². The third-order valence-corrected chi connectivity index (χ3v) is 5.55. The van der Waals surface area contributed by atoms with Crippen LogP contribution in [0.25, 0.3) is 11.0 Å². The van der Waals surface area contributed by atoms with Crippen LogP contribution in [0, 0.1) is 0 Å². The van der Waals surface area contributed by atoms with Crippen molar-refractivity contribution < 1.29 is 14.3 Å². The number of hydrogen-bond acceptors (Lipinski definition) is 5. The van der Waals surface area contributed by atoms with Crippen molar-refractivity contribution in [1.29, 1.82) is 0 Å². The van der Waals surface area contributed by atoms with E-state index >= 15 is 0 Å². The van der Waals surface area contributed by atoms with Gasteiger partial charge in [0.2, 0.25) is 0 Å². The number of nitrogens with zero attached hydrogens (tertiary/aromatic N) is 1. The Morgan fingerprint density at radius 2 is 1.52 bits per heavy atom. The fraction of sp³-hybridized carbons (Fsp3) is 0.0870. The Hall–Kier alpha value is -3.78. The monoisotopic (exact) mass is 432 g/mol. The summed E-state index contributed by atoms with van der Waals surface area (Å²) in [7, 11) is 1.55. The molecule has 1 aromatic heterocycles. The second-order valence-corrected chi connectivity index (χ2v) is 7.65. The average molecular weight is 433 g/mol. The Kier molecular flexibility index (Phi) is 6.18. The minimum absolute atomic E-state index is 0.390. The highest BCUT2D eigenvalue weighted by atomic mass is 32.2. The third kappa shape index (κ3) is 5.04. The summed E-state index contributed by atoms with van der Waals surface area (Å²) in [5.74, 6) is 0.572. The average Bonchev–Trinajstić information content (AvgIpc) is 3.24. The number of amides is 2. The second kappa shape index (κ2) is 9.36. The highest BCUT2D eigenvalue weighted by molar-refractivity contribution is 7.98. The van der Waals surface area contributed by atoms with E-state index in [1.54, 1.807) is 55.3 Å². The smallest absolute Gasteiger partial charge is 0.269 e. The molecular weight excluding hydrogens is 412 g/mol. The fourth-order valence-corrected chi connectivity index (χ4v) is 3.74. The maximum absolute atomic E-state index is 12.3. The van der Waals surface area contributed by atoms with Crippen molar-refractivity contribution in [3.05, 3.63) is 89.5 Å². The Bertz CT molecular complexity index is 1170. The van der Waals surface area contributed by atoms with Gasteiger partial charge in [0.25, 0.3) is 11.8 Å². The van der Waals surface area contributed by atoms with Crippen molar-refractivity contribution in [3.8, 4) is 5.75 Å². The van der Waals surface area contributed by atoms with Gasteiger partial charge in [-0.3, -0.25) is 20.4 Å². The van der Waals surface area contributed by atoms with E-state index in [0.717, 1.165) is 27.5 Å². The summed E-state index contributed by atoms with van der Waals surface area (Å²) in [5, 5.41) is 0.851. The number of carbonyl (C=O) groups is 2. The predicted molar refractivity (Wildman–Crippen MR) is 120 cm³/mol.